The summed E-state index contributed by atoms with van der Waals surface area (Å²) in [4.78, 5) is 45.7. The van der Waals surface area contributed by atoms with Gasteiger partial charge in [0.15, 0.2) is 12.4 Å². The molecular weight excluding hydrogens is 537 g/mol. The number of aromatic nitrogens is 2. The van der Waals surface area contributed by atoms with Crippen LogP contribution in [0.2, 0.25) is 0 Å². The Hall–Kier alpha value is -4.52. The van der Waals surface area contributed by atoms with E-state index in [-0.39, 0.29) is 52.9 Å². The number of carbonyl (C=O) groups is 3. The van der Waals surface area contributed by atoms with Crippen molar-refractivity contribution in [1.82, 2.24) is 9.97 Å². The summed E-state index contributed by atoms with van der Waals surface area (Å²) in [5.41, 5.74) is 0.249. The molecule has 0 saturated carbocycles. The number of benzene rings is 1. The highest BCUT2D eigenvalue weighted by Crippen LogP contribution is 2.40. The summed E-state index contributed by atoms with van der Waals surface area (Å²) in [6.07, 6.45) is 0.798. The molecule has 12 nitrogen and oxygen atoms in total. The van der Waals surface area contributed by atoms with E-state index in [0.29, 0.717) is 35.4 Å². The zero-order valence-corrected chi connectivity index (χ0v) is 23.2. The van der Waals surface area contributed by atoms with Crippen molar-refractivity contribution in [2.75, 3.05) is 35.8 Å². The summed E-state index contributed by atoms with van der Waals surface area (Å²) in [5.74, 6) is -0.710. The molecule has 1 saturated heterocycles. The van der Waals surface area contributed by atoms with Crippen molar-refractivity contribution < 1.29 is 37.7 Å². The number of rotatable bonds is 4. The fourth-order valence-electron chi connectivity index (χ4n) is 4.54. The smallest absolute Gasteiger partial charge is 0.413 e. The van der Waals surface area contributed by atoms with E-state index in [1.165, 1.54) is 24.5 Å². The van der Waals surface area contributed by atoms with E-state index in [1.807, 2.05) is 6.92 Å². The van der Waals surface area contributed by atoms with Gasteiger partial charge in [0.2, 0.25) is 5.88 Å². The third kappa shape index (κ3) is 5.99. The minimum Gasteiger partial charge on any atom is -0.466 e. The number of hydrogen-bond acceptors (Lipinski definition) is 9. The van der Waals surface area contributed by atoms with E-state index >= 15 is 4.39 Å². The van der Waals surface area contributed by atoms with Crippen molar-refractivity contribution in [3.05, 3.63) is 35.9 Å². The van der Waals surface area contributed by atoms with E-state index in [1.54, 1.807) is 27.7 Å². The Balaban J connectivity index is 1.56. The van der Waals surface area contributed by atoms with E-state index in [4.69, 9.17) is 18.9 Å². The highest BCUT2D eigenvalue weighted by Gasteiger charge is 2.29. The fraction of sp³-hybridized carbons (Fsp3) is 0.393. The highest BCUT2D eigenvalue weighted by atomic mass is 19.1. The molecule has 3 N–H and O–H groups in total. The molecule has 5 rings (SSSR count). The van der Waals surface area contributed by atoms with Gasteiger partial charge < -0.3 is 24.3 Å². The number of nitrogens with one attached hydrogen (secondary N) is 3. The van der Waals surface area contributed by atoms with Crippen molar-refractivity contribution in [3.8, 4) is 17.0 Å². The summed E-state index contributed by atoms with van der Waals surface area (Å²) >= 11 is 0. The predicted molar refractivity (Wildman–Crippen MR) is 148 cm³/mol. The van der Waals surface area contributed by atoms with Crippen LogP contribution in [-0.4, -0.2) is 59.6 Å². The van der Waals surface area contributed by atoms with Gasteiger partial charge in [0.25, 0.3) is 5.91 Å². The summed E-state index contributed by atoms with van der Waals surface area (Å²) < 4.78 is 37.7. The molecule has 0 bridgehead atoms. The molecular formula is C28H30FN5O7. The third-order valence-electron chi connectivity index (χ3n) is 6.57. The van der Waals surface area contributed by atoms with Crippen LogP contribution in [-0.2, 0) is 19.0 Å². The Morgan fingerprint density at radius 2 is 1.88 bits per heavy atom. The molecule has 0 spiro atoms. The topological polar surface area (TPSA) is 150 Å². The minimum absolute atomic E-state index is 0.0565. The molecule has 0 aliphatic carbocycles. The van der Waals surface area contributed by atoms with E-state index in [2.05, 4.69) is 25.9 Å². The van der Waals surface area contributed by atoms with Crippen molar-refractivity contribution >= 4 is 46.1 Å². The zero-order valence-electron chi connectivity index (χ0n) is 23.2. The lowest BCUT2D eigenvalue weighted by atomic mass is 9.96. The third-order valence-corrected chi connectivity index (χ3v) is 6.57. The van der Waals surface area contributed by atoms with Crippen LogP contribution >= 0.6 is 0 Å². The number of anilines is 3. The summed E-state index contributed by atoms with van der Waals surface area (Å²) in [7, 11) is 0. The summed E-state index contributed by atoms with van der Waals surface area (Å²) in [6.45, 7) is 9.31. The van der Waals surface area contributed by atoms with Gasteiger partial charge in [0, 0.05) is 34.8 Å². The van der Waals surface area contributed by atoms with Gasteiger partial charge in [-0.3, -0.25) is 15.4 Å². The van der Waals surface area contributed by atoms with Gasteiger partial charge in [-0.25, -0.2) is 23.9 Å². The lowest BCUT2D eigenvalue weighted by Crippen LogP contribution is -2.28. The lowest BCUT2D eigenvalue weighted by Gasteiger charge is -2.22. The highest BCUT2D eigenvalue weighted by molar-refractivity contribution is 6.05. The van der Waals surface area contributed by atoms with Crippen molar-refractivity contribution in [2.45, 2.75) is 46.3 Å². The van der Waals surface area contributed by atoms with Gasteiger partial charge in [-0.1, -0.05) is 6.92 Å². The van der Waals surface area contributed by atoms with Gasteiger partial charge >= 0.3 is 12.2 Å². The molecule has 1 fully saturated rings. The second-order valence-electron chi connectivity index (χ2n) is 10.9. The van der Waals surface area contributed by atoms with E-state index in [9.17, 15) is 14.4 Å². The van der Waals surface area contributed by atoms with Crippen molar-refractivity contribution in [2.24, 2.45) is 5.92 Å². The van der Waals surface area contributed by atoms with Crippen LogP contribution in [0.5, 0.6) is 5.88 Å². The maximum Gasteiger partial charge on any atom is 0.413 e. The SMILES string of the molecule is Cc1c(-c2cc3cc(NC(=O)O[C@H]4COC[C@@H]4C)ncc3c(NC(=O)OC(C)(C)C)c2F)cnc2c1NC(=O)CO2. The Labute approximate surface area is 234 Å². The molecule has 2 aliphatic rings. The first-order valence-corrected chi connectivity index (χ1v) is 13.0. The first kappa shape index (κ1) is 28.0. The molecule has 2 aliphatic heterocycles. The Morgan fingerprint density at radius 3 is 2.59 bits per heavy atom. The average Bonchev–Trinajstić information content (AvgIpc) is 3.29. The predicted octanol–water partition coefficient (Wildman–Crippen LogP) is 5.01. The number of carbonyl (C=O) groups excluding carboxylic acids is 3. The molecule has 3 aromatic rings. The van der Waals surface area contributed by atoms with Crippen LogP contribution in [0.25, 0.3) is 21.9 Å². The molecule has 0 unspecified atom stereocenters. The Bertz CT molecular complexity index is 1560. The molecule has 41 heavy (non-hydrogen) atoms. The summed E-state index contributed by atoms with van der Waals surface area (Å²) in [5, 5.41) is 8.51. The van der Waals surface area contributed by atoms with Gasteiger partial charge in [-0.2, -0.15) is 0 Å². The van der Waals surface area contributed by atoms with Gasteiger partial charge in [0.05, 0.1) is 18.9 Å². The number of fused-ring (bicyclic) bond motifs is 2. The van der Waals surface area contributed by atoms with Gasteiger partial charge in [0.1, 0.15) is 23.2 Å². The lowest BCUT2D eigenvalue weighted by molar-refractivity contribution is -0.118. The van der Waals surface area contributed by atoms with Crippen LogP contribution in [0.1, 0.15) is 33.3 Å². The quantitative estimate of drug-likeness (QED) is 0.395. The maximum atomic E-state index is 16.2. The number of ether oxygens (including phenoxy) is 4. The molecule has 0 radical (unpaired) electrons. The first-order valence-electron chi connectivity index (χ1n) is 13.0. The van der Waals surface area contributed by atoms with Crippen LogP contribution in [0.3, 0.4) is 0 Å². The maximum absolute atomic E-state index is 16.2. The first-order chi connectivity index (χ1) is 19.4. The fourth-order valence-corrected chi connectivity index (χ4v) is 4.54. The molecule has 2 aromatic heterocycles. The second-order valence-corrected chi connectivity index (χ2v) is 10.9. The number of hydrogen-bond donors (Lipinski definition) is 3. The van der Waals surface area contributed by atoms with E-state index in [0.717, 1.165) is 0 Å². The normalized spacial score (nSPS) is 18.2. The number of nitrogens with zero attached hydrogens (tertiary/aromatic N) is 2. The Kier molecular flexibility index (Phi) is 7.39. The molecule has 13 heteroatoms. The number of pyridine rings is 2. The van der Waals surface area contributed by atoms with Crippen molar-refractivity contribution in [1.29, 1.82) is 0 Å². The second kappa shape index (κ2) is 10.8. The van der Waals surface area contributed by atoms with Crippen LogP contribution in [0.15, 0.2) is 24.5 Å². The summed E-state index contributed by atoms with van der Waals surface area (Å²) in [6, 6.07) is 3.07. The molecule has 216 valence electrons. The standard InChI is InChI=1S/C28H30FN5O7/c1-13-10-38-11-19(13)40-26(36)32-20-7-15-6-16(17-8-31-25-23(14(17)2)33-21(35)12-39-25)22(29)24(18(15)9-30-20)34-27(37)41-28(3,4)5/h6-9,13,19H,10-12H2,1-5H3,(H,33,35)(H,34,37)(H,30,32,36)/t13-,19-/m0/s1. The number of amides is 3. The van der Waals surface area contributed by atoms with Crippen molar-refractivity contribution in [3.63, 3.8) is 0 Å². The zero-order chi connectivity index (χ0) is 29.5. The monoisotopic (exact) mass is 567 g/mol. The minimum atomic E-state index is -0.866. The van der Waals surface area contributed by atoms with Gasteiger partial charge in [-0.05, 0) is 50.8 Å². The van der Waals surface area contributed by atoms with E-state index < -0.39 is 23.6 Å². The van der Waals surface area contributed by atoms with Gasteiger partial charge in [-0.15, -0.1) is 0 Å². The molecule has 1 aromatic carbocycles. The largest absolute Gasteiger partial charge is 0.466 e. The molecule has 2 atom stereocenters. The van der Waals surface area contributed by atoms with Crippen LogP contribution in [0.4, 0.5) is 31.2 Å². The number of halogens is 1. The molecule has 3 amide bonds. The van der Waals surface area contributed by atoms with Crippen LogP contribution in [0, 0.1) is 18.7 Å². The molecule has 4 heterocycles. The Morgan fingerprint density at radius 1 is 1.10 bits per heavy atom. The average molecular weight is 568 g/mol. The van der Waals surface area contributed by atoms with Crippen LogP contribution < -0.4 is 20.7 Å².